The van der Waals surface area contributed by atoms with Crippen molar-refractivity contribution in [1.29, 1.82) is 0 Å². The number of anilines is 1. The molecule has 2 aromatic rings. The van der Waals surface area contributed by atoms with Crippen LogP contribution in [0.25, 0.3) is 0 Å². The molecule has 29 heavy (non-hydrogen) atoms. The fourth-order valence-electron chi connectivity index (χ4n) is 3.37. The summed E-state index contributed by atoms with van der Waals surface area (Å²) < 4.78 is 10.8. The molecule has 0 aromatic heterocycles. The van der Waals surface area contributed by atoms with E-state index in [1.54, 1.807) is 38.3 Å². The number of ether oxygens (including phenoxy) is 2. The van der Waals surface area contributed by atoms with Gasteiger partial charge in [-0.1, -0.05) is 19.1 Å². The van der Waals surface area contributed by atoms with Crippen molar-refractivity contribution < 1.29 is 14.3 Å². The summed E-state index contributed by atoms with van der Waals surface area (Å²) in [7, 11) is 1.61. The predicted molar refractivity (Wildman–Crippen MR) is 116 cm³/mol. The summed E-state index contributed by atoms with van der Waals surface area (Å²) in [5.41, 5.74) is 2.04. The van der Waals surface area contributed by atoms with Crippen molar-refractivity contribution in [2.75, 3.05) is 45.2 Å². The average molecular weight is 398 g/mol. The van der Waals surface area contributed by atoms with Crippen LogP contribution in [0.1, 0.15) is 19.4 Å². The minimum absolute atomic E-state index is 0.177. The van der Waals surface area contributed by atoms with E-state index >= 15 is 0 Å². The normalized spacial score (nSPS) is 16.2. The average Bonchev–Trinajstić information content (AvgIpc) is 2.76. The molecule has 6 nitrogen and oxygen atoms in total. The van der Waals surface area contributed by atoms with Gasteiger partial charge < -0.3 is 19.7 Å². The van der Waals surface area contributed by atoms with E-state index < -0.39 is 6.10 Å². The molecule has 1 fully saturated rings. The second-order valence-corrected chi connectivity index (χ2v) is 7.33. The van der Waals surface area contributed by atoms with Crippen LogP contribution in [-0.4, -0.2) is 61.6 Å². The number of nitrogens with zero attached hydrogens (tertiary/aromatic N) is 2. The quantitative estimate of drug-likeness (QED) is 0.741. The summed E-state index contributed by atoms with van der Waals surface area (Å²) in [6, 6.07) is 15.3. The monoisotopic (exact) mass is 397 g/mol. The Labute approximate surface area is 173 Å². The van der Waals surface area contributed by atoms with Gasteiger partial charge in [-0.2, -0.15) is 0 Å². The molecule has 1 N–H and O–H groups in total. The molecule has 1 heterocycles. The molecule has 0 radical (unpaired) electrons. The number of piperazine rings is 1. The first kappa shape index (κ1) is 21.1. The van der Waals surface area contributed by atoms with Gasteiger partial charge in [-0.05, 0) is 55.4 Å². The van der Waals surface area contributed by atoms with E-state index in [2.05, 4.69) is 34.2 Å². The fourth-order valence-corrected chi connectivity index (χ4v) is 3.37. The van der Waals surface area contributed by atoms with Crippen LogP contribution >= 0.6 is 0 Å². The Balaban J connectivity index is 1.47. The lowest BCUT2D eigenvalue weighted by Gasteiger charge is -2.34. The maximum atomic E-state index is 12.4. The molecule has 1 saturated heterocycles. The fraction of sp³-hybridized carbons (Fsp3) is 0.435. The Morgan fingerprint density at radius 2 is 1.55 bits per heavy atom. The number of nitrogens with one attached hydrogen (secondary N) is 1. The second-order valence-electron chi connectivity index (χ2n) is 7.33. The molecule has 3 rings (SSSR count). The number of hydrogen-bond donors (Lipinski definition) is 1. The van der Waals surface area contributed by atoms with E-state index in [-0.39, 0.29) is 5.91 Å². The third kappa shape index (κ3) is 6.21. The summed E-state index contributed by atoms with van der Waals surface area (Å²) in [5.74, 6) is 1.21. The lowest BCUT2D eigenvalue weighted by molar-refractivity contribution is -0.122. The van der Waals surface area contributed by atoms with Gasteiger partial charge in [0.15, 0.2) is 6.10 Å². The zero-order valence-electron chi connectivity index (χ0n) is 17.6. The van der Waals surface area contributed by atoms with Gasteiger partial charge in [0.25, 0.3) is 5.91 Å². The maximum Gasteiger partial charge on any atom is 0.265 e. The molecule has 1 unspecified atom stereocenters. The third-order valence-corrected chi connectivity index (χ3v) is 5.28. The molecule has 6 heteroatoms. The molecular weight excluding hydrogens is 366 g/mol. The van der Waals surface area contributed by atoms with Crippen LogP contribution in [0.2, 0.25) is 0 Å². The standard InChI is InChI=1S/C23H31N3O3/c1-4-25-13-15-26(16-14-25)17-19-5-7-20(8-6-19)24-23(27)18(2)29-22-11-9-21(28-3)10-12-22/h5-12,18H,4,13-17H2,1-3H3,(H,24,27). The lowest BCUT2D eigenvalue weighted by atomic mass is 10.1. The smallest absolute Gasteiger partial charge is 0.265 e. The van der Waals surface area contributed by atoms with Crippen LogP contribution in [0.15, 0.2) is 48.5 Å². The molecule has 156 valence electrons. The van der Waals surface area contributed by atoms with Crippen molar-refractivity contribution in [3.63, 3.8) is 0 Å². The minimum Gasteiger partial charge on any atom is -0.497 e. The van der Waals surface area contributed by atoms with Crippen molar-refractivity contribution in [3.05, 3.63) is 54.1 Å². The van der Waals surface area contributed by atoms with Crippen LogP contribution in [0.3, 0.4) is 0 Å². The van der Waals surface area contributed by atoms with Crippen molar-refractivity contribution in [1.82, 2.24) is 9.80 Å². The van der Waals surface area contributed by atoms with Gasteiger partial charge in [0, 0.05) is 38.4 Å². The molecular formula is C23H31N3O3. The highest BCUT2D eigenvalue weighted by molar-refractivity contribution is 5.94. The summed E-state index contributed by atoms with van der Waals surface area (Å²) in [6.07, 6.45) is -0.599. The number of likely N-dealkylation sites (N-methyl/N-ethyl adjacent to an activating group) is 1. The highest BCUT2D eigenvalue weighted by Gasteiger charge is 2.17. The van der Waals surface area contributed by atoms with Crippen LogP contribution in [0.5, 0.6) is 11.5 Å². The van der Waals surface area contributed by atoms with Gasteiger partial charge in [-0.15, -0.1) is 0 Å². The number of methoxy groups -OCH3 is 1. The zero-order chi connectivity index (χ0) is 20.6. The SMILES string of the molecule is CCN1CCN(Cc2ccc(NC(=O)C(C)Oc3ccc(OC)cc3)cc2)CC1. The number of carbonyl (C=O) groups is 1. The first-order chi connectivity index (χ1) is 14.1. The lowest BCUT2D eigenvalue weighted by Crippen LogP contribution is -2.45. The molecule has 0 spiro atoms. The number of amides is 1. The third-order valence-electron chi connectivity index (χ3n) is 5.28. The van der Waals surface area contributed by atoms with Gasteiger partial charge in [0.1, 0.15) is 11.5 Å². The second kappa shape index (κ2) is 10.3. The van der Waals surface area contributed by atoms with Crippen molar-refractivity contribution in [3.8, 4) is 11.5 Å². The maximum absolute atomic E-state index is 12.4. The molecule has 1 aliphatic rings. The van der Waals surface area contributed by atoms with E-state index in [9.17, 15) is 4.79 Å². The first-order valence-corrected chi connectivity index (χ1v) is 10.2. The van der Waals surface area contributed by atoms with E-state index in [0.717, 1.165) is 50.7 Å². The van der Waals surface area contributed by atoms with Gasteiger partial charge in [0.05, 0.1) is 7.11 Å². The summed E-state index contributed by atoms with van der Waals surface area (Å²) >= 11 is 0. The van der Waals surface area contributed by atoms with E-state index in [1.807, 2.05) is 12.1 Å². The molecule has 1 atom stereocenters. The number of rotatable bonds is 8. The Kier molecular flexibility index (Phi) is 7.49. The van der Waals surface area contributed by atoms with Crippen molar-refractivity contribution in [2.45, 2.75) is 26.5 Å². The van der Waals surface area contributed by atoms with E-state index in [0.29, 0.717) is 5.75 Å². The Morgan fingerprint density at radius 1 is 0.966 bits per heavy atom. The molecule has 1 amide bonds. The minimum atomic E-state index is -0.599. The molecule has 0 bridgehead atoms. The zero-order valence-corrected chi connectivity index (χ0v) is 17.6. The number of carbonyl (C=O) groups excluding carboxylic acids is 1. The molecule has 0 saturated carbocycles. The molecule has 1 aliphatic heterocycles. The summed E-state index contributed by atoms with van der Waals surface area (Å²) in [6.45, 7) is 10.5. The van der Waals surface area contributed by atoms with Gasteiger partial charge in [-0.25, -0.2) is 0 Å². The predicted octanol–water partition coefficient (Wildman–Crippen LogP) is 3.24. The van der Waals surface area contributed by atoms with Gasteiger partial charge in [0.2, 0.25) is 0 Å². The largest absolute Gasteiger partial charge is 0.497 e. The van der Waals surface area contributed by atoms with Crippen LogP contribution in [-0.2, 0) is 11.3 Å². The molecule has 2 aromatic carbocycles. The number of hydrogen-bond acceptors (Lipinski definition) is 5. The Bertz CT molecular complexity index is 769. The van der Waals surface area contributed by atoms with Crippen LogP contribution in [0, 0.1) is 0 Å². The van der Waals surface area contributed by atoms with Crippen molar-refractivity contribution in [2.24, 2.45) is 0 Å². The highest BCUT2D eigenvalue weighted by atomic mass is 16.5. The summed E-state index contributed by atoms with van der Waals surface area (Å²) in [4.78, 5) is 17.4. The topological polar surface area (TPSA) is 54.0 Å². The first-order valence-electron chi connectivity index (χ1n) is 10.2. The Morgan fingerprint density at radius 3 is 2.14 bits per heavy atom. The van der Waals surface area contributed by atoms with Gasteiger partial charge in [-0.3, -0.25) is 9.69 Å². The number of benzene rings is 2. The van der Waals surface area contributed by atoms with E-state index in [4.69, 9.17) is 9.47 Å². The van der Waals surface area contributed by atoms with Crippen LogP contribution in [0.4, 0.5) is 5.69 Å². The Hall–Kier alpha value is -2.57. The summed E-state index contributed by atoms with van der Waals surface area (Å²) in [5, 5.41) is 2.92. The van der Waals surface area contributed by atoms with Crippen LogP contribution < -0.4 is 14.8 Å². The van der Waals surface area contributed by atoms with Gasteiger partial charge >= 0.3 is 0 Å². The highest BCUT2D eigenvalue weighted by Crippen LogP contribution is 2.19. The van der Waals surface area contributed by atoms with Crippen molar-refractivity contribution >= 4 is 11.6 Å². The molecule has 0 aliphatic carbocycles. The van der Waals surface area contributed by atoms with E-state index in [1.165, 1.54) is 5.56 Å².